The number of nitrogens with zero attached hydrogens (tertiary/aromatic N) is 2. The summed E-state index contributed by atoms with van der Waals surface area (Å²) < 4.78 is 1.87. The quantitative estimate of drug-likeness (QED) is 0.746. The van der Waals surface area contributed by atoms with Gasteiger partial charge in [0.25, 0.3) is 0 Å². The Balaban J connectivity index is 2.65. The van der Waals surface area contributed by atoms with Crippen molar-refractivity contribution in [1.82, 2.24) is 15.1 Å². The molecule has 0 aromatic carbocycles. The minimum atomic E-state index is 0.000231. The summed E-state index contributed by atoms with van der Waals surface area (Å²) in [5.74, 6) is 0. The predicted molar refractivity (Wildman–Crippen MR) is 60.6 cm³/mol. The third kappa shape index (κ3) is 3.32. The SMILES string of the molecule is CCC(C)NC(CO)c1cnn(CC)c1. The van der Waals surface area contributed by atoms with Crippen LogP contribution in [0.15, 0.2) is 12.4 Å². The van der Waals surface area contributed by atoms with Crippen LogP contribution in [0.1, 0.15) is 38.8 Å². The fourth-order valence-electron chi connectivity index (χ4n) is 1.45. The second-order valence-corrected chi connectivity index (χ2v) is 3.84. The van der Waals surface area contributed by atoms with Crippen LogP contribution in [0.2, 0.25) is 0 Å². The molecule has 0 radical (unpaired) electrons. The molecule has 1 aromatic rings. The van der Waals surface area contributed by atoms with Crippen LogP contribution in [-0.4, -0.2) is 27.5 Å². The Labute approximate surface area is 91.3 Å². The molecular formula is C11H21N3O. The van der Waals surface area contributed by atoms with Gasteiger partial charge in [0.05, 0.1) is 18.8 Å². The Morgan fingerprint density at radius 3 is 2.73 bits per heavy atom. The minimum Gasteiger partial charge on any atom is -0.394 e. The van der Waals surface area contributed by atoms with E-state index in [1.54, 1.807) is 0 Å². The molecule has 0 aliphatic heterocycles. The van der Waals surface area contributed by atoms with Crippen molar-refractivity contribution in [2.75, 3.05) is 6.61 Å². The molecule has 0 saturated carbocycles. The van der Waals surface area contributed by atoms with E-state index in [0.29, 0.717) is 6.04 Å². The number of aromatic nitrogens is 2. The first-order chi connectivity index (χ1) is 7.21. The molecule has 86 valence electrons. The van der Waals surface area contributed by atoms with Gasteiger partial charge in [-0.2, -0.15) is 5.10 Å². The summed E-state index contributed by atoms with van der Waals surface area (Å²) in [7, 11) is 0. The van der Waals surface area contributed by atoms with Crippen LogP contribution in [0.5, 0.6) is 0 Å². The first kappa shape index (κ1) is 12.2. The van der Waals surface area contributed by atoms with Crippen molar-refractivity contribution >= 4 is 0 Å². The van der Waals surface area contributed by atoms with Crippen LogP contribution in [0.3, 0.4) is 0 Å². The van der Waals surface area contributed by atoms with Gasteiger partial charge in [-0.3, -0.25) is 4.68 Å². The Morgan fingerprint density at radius 1 is 1.53 bits per heavy atom. The van der Waals surface area contributed by atoms with E-state index < -0.39 is 0 Å². The van der Waals surface area contributed by atoms with Crippen molar-refractivity contribution in [1.29, 1.82) is 0 Å². The van der Waals surface area contributed by atoms with Gasteiger partial charge in [-0.25, -0.2) is 0 Å². The zero-order valence-electron chi connectivity index (χ0n) is 9.77. The molecular weight excluding hydrogens is 190 g/mol. The summed E-state index contributed by atoms with van der Waals surface area (Å²) in [5, 5.41) is 16.9. The van der Waals surface area contributed by atoms with Crippen LogP contribution >= 0.6 is 0 Å². The maximum absolute atomic E-state index is 9.31. The highest BCUT2D eigenvalue weighted by Crippen LogP contribution is 2.12. The molecule has 1 rings (SSSR count). The molecule has 0 saturated heterocycles. The third-order valence-electron chi connectivity index (χ3n) is 2.66. The topological polar surface area (TPSA) is 50.1 Å². The van der Waals surface area contributed by atoms with Gasteiger partial charge in [-0.05, 0) is 20.3 Å². The molecule has 15 heavy (non-hydrogen) atoms. The fourth-order valence-corrected chi connectivity index (χ4v) is 1.45. The second-order valence-electron chi connectivity index (χ2n) is 3.84. The number of hydrogen-bond donors (Lipinski definition) is 2. The van der Waals surface area contributed by atoms with Crippen molar-refractivity contribution in [2.45, 2.75) is 45.8 Å². The molecule has 1 heterocycles. The smallest absolute Gasteiger partial charge is 0.0627 e. The number of aryl methyl sites for hydroxylation is 1. The van der Waals surface area contributed by atoms with Crippen molar-refractivity contribution in [3.63, 3.8) is 0 Å². The molecule has 0 bridgehead atoms. The van der Waals surface area contributed by atoms with Gasteiger partial charge in [0.1, 0.15) is 0 Å². The van der Waals surface area contributed by atoms with E-state index in [1.807, 2.05) is 24.0 Å². The van der Waals surface area contributed by atoms with Gasteiger partial charge in [0.2, 0.25) is 0 Å². The first-order valence-electron chi connectivity index (χ1n) is 5.60. The largest absolute Gasteiger partial charge is 0.394 e. The minimum absolute atomic E-state index is 0.000231. The lowest BCUT2D eigenvalue weighted by Crippen LogP contribution is -2.31. The normalized spacial score (nSPS) is 15.2. The highest BCUT2D eigenvalue weighted by Gasteiger charge is 2.13. The number of hydrogen-bond acceptors (Lipinski definition) is 3. The highest BCUT2D eigenvalue weighted by atomic mass is 16.3. The molecule has 1 aromatic heterocycles. The molecule has 0 amide bonds. The maximum Gasteiger partial charge on any atom is 0.0627 e. The Morgan fingerprint density at radius 2 is 2.27 bits per heavy atom. The first-order valence-corrected chi connectivity index (χ1v) is 5.60. The van der Waals surface area contributed by atoms with Crippen LogP contribution in [-0.2, 0) is 6.54 Å². The summed E-state index contributed by atoms with van der Waals surface area (Å²) in [4.78, 5) is 0. The molecule has 0 aliphatic carbocycles. The lowest BCUT2D eigenvalue weighted by molar-refractivity contribution is 0.234. The van der Waals surface area contributed by atoms with Crippen LogP contribution in [0.4, 0.5) is 0 Å². The van der Waals surface area contributed by atoms with E-state index in [2.05, 4.69) is 24.3 Å². The fraction of sp³-hybridized carbons (Fsp3) is 0.727. The predicted octanol–water partition coefficient (Wildman–Crippen LogP) is 1.32. The summed E-state index contributed by atoms with van der Waals surface area (Å²) in [5.41, 5.74) is 1.06. The Hall–Kier alpha value is -0.870. The molecule has 4 nitrogen and oxygen atoms in total. The average molecular weight is 211 g/mol. The summed E-state index contributed by atoms with van der Waals surface area (Å²) in [6, 6.07) is 0.410. The van der Waals surface area contributed by atoms with E-state index in [0.717, 1.165) is 18.5 Å². The summed E-state index contributed by atoms with van der Waals surface area (Å²) in [6.45, 7) is 7.27. The monoisotopic (exact) mass is 211 g/mol. The number of aliphatic hydroxyl groups excluding tert-OH is 1. The van der Waals surface area contributed by atoms with Crippen LogP contribution in [0, 0.1) is 0 Å². The molecule has 0 spiro atoms. The average Bonchev–Trinajstić information content (AvgIpc) is 2.73. The lowest BCUT2D eigenvalue weighted by Gasteiger charge is -2.19. The van der Waals surface area contributed by atoms with E-state index in [4.69, 9.17) is 0 Å². The molecule has 0 aliphatic rings. The van der Waals surface area contributed by atoms with E-state index in [9.17, 15) is 5.11 Å². The van der Waals surface area contributed by atoms with Gasteiger partial charge >= 0.3 is 0 Å². The van der Waals surface area contributed by atoms with Crippen LogP contribution < -0.4 is 5.32 Å². The van der Waals surface area contributed by atoms with Crippen molar-refractivity contribution in [3.8, 4) is 0 Å². The Kier molecular flexibility index (Phi) is 4.78. The standard InChI is InChI=1S/C11H21N3O/c1-4-9(3)13-11(8-15)10-6-12-14(5-2)7-10/h6-7,9,11,13,15H,4-5,8H2,1-3H3. The van der Waals surface area contributed by atoms with Gasteiger partial charge in [0.15, 0.2) is 0 Å². The number of rotatable bonds is 6. The molecule has 2 N–H and O–H groups in total. The van der Waals surface area contributed by atoms with Crippen molar-refractivity contribution in [3.05, 3.63) is 18.0 Å². The molecule has 2 unspecified atom stereocenters. The van der Waals surface area contributed by atoms with Gasteiger partial charge in [-0.15, -0.1) is 0 Å². The zero-order chi connectivity index (χ0) is 11.3. The Bertz CT molecular complexity index is 285. The zero-order valence-corrected chi connectivity index (χ0v) is 9.77. The lowest BCUT2D eigenvalue weighted by atomic mass is 10.1. The number of nitrogens with one attached hydrogen (secondary N) is 1. The number of aliphatic hydroxyl groups is 1. The van der Waals surface area contributed by atoms with Crippen LogP contribution in [0.25, 0.3) is 0 Å². The molecule has 4 heteroatoms. The molecule has 0 fully saturated rings. The van der Waals surface area contributed by atoms with E-state index in [1.165, 1.54) is 0 Å². The van der Waals surface area contributed by atoms with Gasteiger partial charge < -0.3 is 10.4 Å². The summed E-state index contributed by atoms with van der Waals surface area (Å²) >= 11 is 0. The summed E-state index contributed by atoms with van der Waals surface area (Å²) in [6.07, 6.45) is 4.86. The molecule has 2 atom stereocenters. The highest BCUT2D eigenvalue weighted by molar-refractivity contribution is 5.10. The third-order valence-corrected chi connectivity index (χ3v) is 2.66. The van der Waals surface area contributed by atoms with E-state index in [-0.39, 0.29) is 12.6 Å². The van der Waals surface area contributed by atoms with Gasteiger partial charge in [0, 0.05) is 24.3 Å². The van der Waals surface area contributed by atoms with Crippen molar-refractivity contribution in [2.24, 2.45) is 0 Å². The maximum atomic E-state index is 9.31. The van der Waals surface area contributed by atoms with Crippen molar-refractivity contribution < 1.29 is 5.11 Å². The van der Waals surface area contributed by atoms with E-state index >= 15 is 0 Å². The second kappa shape index (κ2) is 5.88. The van der Waals surface area contributed by atoms with Gasteiger partial charge in [-0.1, -0.05) is 6.92 Å².